The average Bonchev–Trinajstić information content (AvgIpc) is 2.54. The van der Waals surface area contributed by atoms with E-state index in [2.05, 4.69) is 15.0 Å². The van der Waals surface area contributed by atoms with Gasteiger partial charge in [0, 0.05) is 12.0 Å². The summed E-state index contributed by atoms with van der Waals surface area (Å²) in [5.74, 6) is 0.781. The molecule has 14 heavy (non-hydrogen) atoms. The normalized spacial score (nSPS) is 10.1. The van der Waals surface area contributed by atoms with Crippen LogP contribution < -0.4 is 0 Å². The lowest BCUT2D eigenvalue weighted by atomic mass is 10.3. The molecule has 1 aromatic heterocycles. The van der Waals surface area contributed by atoms with Gasteiger partial charge in [0.2, 0.25) is 0 Å². The smallest absolute Gasteiger partial charge is 0.115 e. The Morgan fingerprint density at radius 1 is 1.50 bits per heavy atom. The molecule has 1 aromatic carbocycles. The number of azide groups is 1. The van der Waals surface area contributed by atoms with Crippen LogP contribution in [0.5, 0.6) is 0 Å². The van der Waals surface area contributed by atoms with E-state index in [9.17, 15) is 0 Å². The molecule has 1 heterocycles. The molecular formula is C9H9N5. The van der Waals surface area contributed by atoms with E-state index in [1.807, 2.05) is 35.9 Å². The van der Waals surface area contributed by atoms with Crippen molar-refractivity contribution >= 4 is 11.0 Å². The minimum Gasteiger partial charge on any atom is -0.331 e. The summed E-state index contributed by atoms with van der Waals surface area (Å²) < 4.78 is 1.93. The van der Waals surface area contributed by atoms with Gasteiger partial charge in [-0.05, 0) is 17.7 Å². The molecule has 2 rings (SSSR count). The van der Waals surface area contributed by atoms with Gasteiger partial charge < -0.3 is 4.57 Å². The third kappa shape index (κ3) is 1.30. The van der Waals surface area contributed by atoms with E-state index in [-0.39, 0.29) is 0 Å². The van der Waals surface area contributed by atoms with Gasteiger partial charge in [0.05, 0.1) is 17.6 Å². The number of imidazole rings is 1. The number of hydrogen-bond acceptors (Lipinski definition) is 2. The van der Waals surface area contributed by atoms with Crippen molar-refractivity contribution in [2.45, 2.75) is 6.54 Å². The molecule has 0 aliphatic carbocycles. The van der Waals surface area contributed by atoms with E-state index in [0.29, 0.717) is 6.54 Å². The topological polar surface area (TPSA) is 66.6 Å². The molecule has 0 saturated carbocycles. The van der Waals surface area contributed by atoms with Gasteiger partial charge in [-0.1, -0.05) is 17.2 Å². The molecular weight excluding hydrogens is 178 g/mol. The average molecular weight is 187 g/mol. The van der Waals surface area contributed by atoms with Crippen LogP contribution in [-0.2, 0) is 13.6 Å². The van der Waals surface area contributed by atoms with Crippen molar-refractivity contribution < 1.29 is 0 Å². The van der Waals surface area contributed by atoms with Crippen LogP contribution in [0.4, 0.5) is 0 Å². The summed E-state index contributed by atoms with van der Waals surface area (Å²) in [5, 5.41) is 3.50. The minimum absolute atomic E-state index is 0.293. The van der Waals surface area contributed by atoms with Gasteiger partial charge in [0.15, 0.2) is 0 Å². The van der Waals surface area contributed by atoms with Crippen molar-refractivity contribution in [3.8, 4) is 0 Å². The number of fused-ring (bicyclic) bond motifs is 1. The molecule has 0 N–H and O–H groups in total. The SMILES string of the molecule is Cn1c(CN=[N+]=[N-])nc2ccccc21. The maximum absolute atomic E-state index is 8.21. The molecule has 70 valence electrons. The summed E-state index contributed by atoms with van der Waals surface area (Å²) in [7, 11) is 1.91. The molecule has 5 heteroatoms. The highest BCUT2D eigenvalue weighted by atomic mass is 15.2. The molecule has 0 unspecified atom stereocenters. The Morgan fingerprint density at radius 3 is 3.00 bits per heavy atom. The van der Waals surface area contributed by atoms with E-state index in [1.54, 1.807) is 0 Å². The maximum atomic E-state index is 8.21. The summed E-state index contributed by atoms with van der Waals surface area (Å²) in [6.07, 6.45) is 0. The number of aromatic nitrogens is 2. The van der Waals surface area contributed by atoms with Crippen LogP contribution in [0.2, 0.25) is 0 Å². The largest absolute Gasteiger partial charge is 0.331 e. The molecule has 0 aliphatic heterocycles. The number of hydrogen-bond donors (Lipinski definition) is 0. The Kier molecular flexibility index (Phi) is 2.08. The molecule has 2 aromatic rings. The van der Waals surface area contributed by atoms with Crippen molar-refractivity contribution in [3.63, 3.8) is 0 Å². The molecule has 0 spiro atoms. The molecule has 0 radical (unpaired) electrons. The molecule has 5 nitrogen and oxygen atoms in total. The van der Waals surface area contributed by atoms with Crippen molar-refractivity contribution in [3.05, 3.63) is 40.5 Å². The highest BCUT2D eigenvalue weighted by Gasteiger charge is 2.04. The third-order valence-corrected chi connectivity index (χ3v) is 2.16. The second-order valence-corrected chi connectivity index (χ2v) is 2.96. The summed E-state index contributed by atoms with van der Waals surface area (Å²) in [6.45, 7) is 0.293. The quantitative estimate of drug-likeness (QED) is 0.404. The van der Waals surface area contributed by atoms with Gasteiger partial charge in [0.25, 0.3) is 0 Å². The van der Waals surface area contributed by atoms with E-state index in [1.165, 1.54) is 0 Å². The monoisotopic (exact) mass is 187 g/mol. The summed E-state index contributed by atoms with van der Waals surface area (Å²) in [5.41, 5.74) is 10.2. The van der Waals surface area contributed by atoms with E-state index < -0.39 is 0 Å². The maximum Gasteiger partial charge on any atom is 0.115 e. The Balaban J connectivity index is 2.56. The Bertz CT molecular complexity index is 507. The number of aryl methyl sites for hydroxylation is 1. The van der Waals surface area contributed by atoms with Gasteiger partial charge in [-0.15, -0.1) is 0 Å². The van der Waals surface area contributed by atoms with Crippen molar-refractivity contribution in [2.75, 3.05) is 0 Å². The Morgan fingerprint density at radius 2 is 2.29 bits per heavy atom. The van der Waals surface area contributed by atoms with E-state index >= 15 is 0 Å². The standard InChI is InChI=1S/C9H9N5/c1-14-8-5-3-2-4-7(8)12-9(14)6-11-13-10/h2-5H,6H2,1H3. The fourth-order valence-corrected chi connectivity index (χ4v) is 1.43. The first kappa shape index (κ1) is 8.59. The second-order valence-electron chi connectivity index (χ2n) is 2.96. The molecule has 0 atom stereocenters. The second kappa shape index (κ2) is 3.40. The predicted octanol–water partition coefficient (Wildman–Crippen LogP) is 2.38. The molecule has 0 amide bonds. The van der Waals surface area contributed by atoms with Gasteiger partial charge >= 0.3 is 0 Å². The number of benzene rings is 1. The lowest BCUT2D eigenvalue weighted by Crippen LogP contribution is -1.95. The zero-order valence-corrected chi connectivity index (χ0v) is 7.75. The van der Waals surface area contributed by atoms with Crippen LogP contribution in [0.15, 0.2) is 29.4 Å². The molecule has 0 aliphatic rings. The summed E-state index contributed by atoms with van der Waals surface area (Å²) in [4.78, 5) is 7.06. The number of para-hydroxylation sites is 2. The number of nitrogens with zero attached hydrogens (tertiary/aromatic N) is 5. The van der Waals surface area contributed by atoms with Crippen LogP contribution in [0.25, 0.3) is 21.5 Å². The molecule has 0 saturated heterocycles. The molecule has 0 bridgehead atoms. The van der Waals surface area contributed by atoms with Crippen LogP contribution >= 0.6 is 0 Å². The fraction of sp³-hybridized carbons (Fsp3) is 0.222. The fourth-order valence-electron chi connectivity index (χ4n) is 1.43. The highest BCUT2D eigenvalue weighted by molar-refractivity contribution is 5.75. The van der Waals surface area contributed by atoms with E-state index in [4.69, 9.17) is 5.53 Å². The highest BCUT2D eigenvalue weighted by Crippen LogP contribution is 2.14. The van der Waals surface area contributed by atoms with Crippen molar-refractivity contribution in [2.24, 2.45) is 12.2 Å². The molecule has 0 fully saturated rings. The third-order valence-electron chi connectivity index (χ3n) is 2.16. The van der Waals surface area contributed by atoms with Crippen LogP contribution in [0.1, 0.15) is 5.82 Å². The van der Waals surface area contributed by atoms with Crippen LogP contribution in [0, 0.1) is 0 Å². The van der Waals surface area contributed by atoms with E-state index in [0.717, 1.165) is 16.9 Å². The summed E-state index contributed by atoms with van der Waals surface area (Å²) in [6, 6.07) is 7.82. The van der Waals surface area contributed by atoms with Crippen molar-refractivity contribution in [1.82, 2.24) is 9.55 Å². The lowest BCUT2D eigenvalue weighted by Gasteiger charge is -1.96. The minimum atomic E-state index is 0.293. The Labute approximate surface area is 80.6 Å². The zero-order valence-electron chi connectivity index (χ0n) is 7.75. The first-order valence-corrected chi connectivity index (χ1v) is 4.24. The zero-order chi connectivity index (χ0) is 9.97. The first-order chi connectivity index (χ1) is 6.83. The van der Waals surface area contributed by atoms with Gasteiger partial charge in [-0.25, -0.2) is 4.98 Å². The van der Waals surface area contributed by atoms with Gasteiger partial charge in [-0.2, -0.15) is 0 Å². The number of rotatable bonds is 2. The van der Waals surface area contributed by atoms with Crippen LogP contribution in [0.3, 0.4) is 0 Å². The van der Waals surface area contributed by atoms with Crippen LogP contribution in [-0.4, -0.2) is 9.55 Å². The predicted molar refractivity (Wildman–Crippen MR) is 53.6 cm³/mol. The first-order valence-electron chi connectivity index (χ1n) is 4.24. The Hall–Kier alpha value is -2.00. The van der Waals surface area contributed by atoms with Crippen molar-refractivity contribution in [1.29, 1.82) is 0 Å². The summed E-state index contributed by atoms with van der Waals surface area (Å²) >= 11 is 0. The van der Waals surface area contributed by atoms with Gasteiger partial charge in [-0.3, -0.25) is 0 Å². The van der Waals surface area contributed by atoms with Gasteiger partial charge in [0.1, 0.15) is 5.82 Å². The lowest BCUT2D eigenvalue weighted by molar-refractivity contribution is 0.809.